The van der Waals surface area contributed by atoms with Crippen LogP contribution in [0.4, 0.5) is 5.69 Å². The van der Waals surface area contributed by atoms with Gasteiger partial charge >= 0.3 is 0 Å². The summed E-state index contributed by atoms with van der Waals surface area (Å²) in [6, 6.07) is 21.6. The second-order valence-corrected chi connectivity index (χ2v) is 8.75. The monoisotopic (exact) mass is 451 g/mol. The Morgan fingerprint density at radius 1 is 0.871 bits per heavy atom. The van der Waals surface area contributed by atoms with Crippen molar-refractivity contribution in [1.29, 1.82) is 0 Å². The number of nitrogens with zero attached hydrogens (tertiary/aromatic N) is 2. The number of thiazole rings is 1. The maximum Gasteiger partial charge on any atom is 0.262 e. The van der Waals surface area contributed by atoms with Gasteiger partial charge in [-0.2, -0.15) is 4.57 Å². The molecular weight excluding hydrogens is 416 g/mol. The van der Waals surface area contributed by atoms with Crippen LogP contribution in [-0.4, -0.2) is 7.05 Å². The number of allylic oxidation sites excluding steroid dienone is 2. The fourth-order valence-electron chi connectivity index (χ4n) is 3.58. The standard InChI is InChI=1S/C23H19N2S2.4CH4/c1-24-18-10-5-6-11-19(18)26-21(24)12-7-13-22-25(2)23-17-9-4-3-8-16(17)14-15-20(23)27-22;;;;/h3-15H,1-2H3;4*1H4/q+1;;;;. The Kier molecular flexibility index (Phi) is 9.10. The number of benzene rings is 3. The van der Waals surface area contributed by atoms with E-state index in [4.69, 9.17) is 0 Å². The molecule has 0 fully saturated rings. The van der Waals surface area contributed by atoms with Crippen LogP contribution in [0.15, 0.2) is 82.7 Å². The van der Waals surface area contributed by atoms with Crippen molar-refractivity contribution in [2.24, 2.45) is 7.05 Å². The van der Waals surface area contributed by atoms with Crippen molar-refractivity contribution in [2.75, 3.05) is 11.9 Å². The molecule has 0 atom stereocenters. The molecule has 1 aromatic heterocycles. The third kappa shape index (κ3) is 4.56. The zero-order valence-corrected chi connectivity index (χ0v) is 16.8. The lowest BCUT2D eigenvalue weighted by Gasteiger charge is -2.12. The molecule has 0 amide bonds. The fraction of sp³-hybridized carbons (Fsp3) is 0.222. The van der Waals surface area contributed by atoms with Crippen LogP contribution in [0.3, 0.4) is 0 Å². The van der Waals surface area contributed by atoms with Crippen LogP contribution in [0.1, 0.15) is 34.7 Å². The summed E-state index contributed by atoms with van der Waals surface area (Å²) in [4.78, 5) is 3.57. The molecule has 1 aliphatic rings. The van der Waals surface area contributed by atoms with Crippen molar-refractivity contribution in [3.8, 4) is 0 Å². The predicted octanol–water partition coefficient (Wildman–Crippen LogP) is 8.52. The van der Waals surface area contributed by atoms with Gasteiger partial charge in [-0.15, -0.1) is 0 Å². The summed E-state index contributed by atoms with van der Waals surface area (Å²) in [7, 11) is 4.29. The van der Waals surface area contributed by atoms with Gasteiger partial charge in [0, 0.05) is 18.0 Å². The van der Waals surface area contributed by atoms with Crippen LogP contribution in [0.25, 0.3) is 27.1 Å². The van der Waals surface area contributed by atoms with E-state index in [1.165, 1.54) is 41.6 Å². The third-order valence-corrected chi connectivity index (χ3v) is 7.35. The predicted molar refractivity (Wildman–Crippen MR) is 145 cm³/mol. The van der Waals surface area contributed by atoms with Crippen LogP contribution in [-0.2, 0) is 7.05 Å². The van der Waals surface area contributed by atoms with E-state index in [0.717, 1.165) is 0 Å². The molecule has 31 heavy (non-hydrogen) atoms. The number of hydrogen-bond acceptors (Lipinski definition) is 3. The number of thioether (sulfide) groups is 1. The second-order valence-electron chi connectivity index (χ2n) is 6.63. The van der Waals surface area contributed by atoms with Crippen molar-refractivity contribution < 1.29 is 4.57 Å². The fourth-order valence-corrected chi connectivity index (χ4v) is 5.72. The van der Waals surface area contributed by atoms with Crippen molar-refractivity contribution >= 4 is 55.9 Å². The van der Waals surface area contributed by atoms with Crippen molar-refractivity contribution in [3.63, 3.8) is 0 Å². The highest BCUT2D eigenvalue weighted by atomic mass is 32.2. The Morgan fingerprint density at radius 2 is 1.58 bits per heavy atom. The molecule has 0 bridgehead atoms. The summed E-state index contributed by atoms with van der Waals surface area (Å²) >= 11 is 3.66. The van der Waals surface area contributed by atoms with Gasteiger partial charge in [-0.3, -0.25) is 0 Å². The Hall–Kier alpha value is -2.56. The van der Waals surface area contributed by atoms with Gasteiger partial charge in [-0.25, -0.2) is 0 Å². The van der Waals surface area contributed by atoms with Crippen LogP contribution < -0.4 is 9.47 Å². The molecular formula is C27H35N2S2+. The zero-order chi connectivity index (χ0) is 18.4. The van der Waals surface area contributed by atoms with E-state index in [1.807, 2.05) is 23.1 Å². The Morgan fingerprint density at radius 3 is 2.35 bits per heavy atom. The quantitative estimate of drug-likeness (QED) is 0.282. The molecule has 0 saturated carbocycles. The Labute approximate surface area is 196 Å². The molecule has 0 saturated heterocycles. The summed E-state index contributed by atoms with van der Waals surface area (Å²) in [5, 5.41) is 5.11. The average molecular weight is 452 g/mol. The highest BCUT2D eigenvalue weighted by Gasteiger charge is 2.21. The van der Waals surface area contributed by atoms with Crippen molar-refractivity contribution in [1.82, 2.24) is 0 Å². The lowest BCUT2D eigenvalue weighted by molar-refractivity contribution is -0.641. The van der Waals surface area contributed by atoms with Gasteiger partial charge in [0.25, 0.3) is 5.01 Å². The first kappa shape index (κ1) is 26.5. The van der Waals surface area contributed by atoms with Crippen molar-refractivity contribution in [3.05, 3.63) is 82.9 Å². The van der Waals surface area contributed by atoms with Gasteiger partial charge in [0.1, 0.15) is 11.7 Å². The molecule has 0 N–H and O–H groups in total. The van der Waals surface area contributed by atoms with E-state index in [0.29, 0.717) is 0 Å². The second kappa shape index (κ2) is 10.7. The largest absolute Gasteiger partial charge is 0.338 e. The Bertz CT molecular complexity index is 1230. The van der Waals surface area contributed by atoms with Gasteiger partial charge in [0.2, 0.25) is 5.52 Å². The summed E-state index contributed by atoms with van der Waals surface area (Å²) in [6.07, 6.45) is 6.58. The van der Waals surface area contributed by atoms with E-state index in [9.17, 15) is 0 Å². The van der Waals surface area contributed by atoms with Crippen LogP contribution in [0.2, 0.25) is 0 Å². The zero-order valence-electron chi connectivity index (χ0n) is 15.2. The van der Waals surface area contributed by atoms with Gasteiger partial charge in [-0.1, -0.05) is 95.3 Å². The normalized spacial score (nSPS) is 13.5. The summed E-state index contributed by atoms with van der Waals surface area (Å²) in [5.74, 6) is 0. The first-order chi connectivity index (χ1) is 13.2. The third-order valence-electron chi connectivity index (χ3n) is 4.99. The molecule has 0 aliphatic carbocycles. The molecule has 2 nitrogen and oxygen atoms in total. The molecule has 4 heteroatoms. The molecule has 0 radical (unpaired) electrons. The number of fused-ring (bicyclic) bond motifs is 4. The number of anilines is 1. The van der Waals surface area contributed by atoms with Crippen LogP contribution in [0, 0.1) is 0 Å². The number of hydrogen-bond donors (Lipinski definition) is 0. The number of rotatable bonds is 2. The first-order valence-corrected chi connectivity index (χ1v) is 10.5. The van der Waals surface area contributed by atoms with Crippen molar-refractivity contribution in [2.45, 2.75) is 34.6 Å². The first-order valence-electron chi connectivity index (χ1n) is 8.91. The van der Waals surface area contributed by atoms with Gasteiger partial charge < -0.3 is 4.90 Å². The topological polar surface area (TPSA) is 7.12 Å². The molecule has 1 aliphatic heterocycles. The number of aromatic nitrogens is 1. The highest BCUT2D eigenvalue weighted by molar-refractivity contribution is 8.03. The number of aryl methyl sites for hydroxylation is 1. The molecule has 164 valence electrons. The smallest absolute Gasteiger partial charge is 0.262 e. The minimum atomic E-state index is 0. The number of para-hydroxylation sites is 1. The van der Waals surface area contributed by atoms with E-state index in [1.54, 1.807) is 0 Å². The van der Waals surface area contributed by atoms with E-state index in [2.05, 4.69) is 102 Å². The van der Waals surface area contributed by atoms with E-state index >= 15 is 0 Å². The van der Waals surface area contributed by atoms with Crippen LogP contribution >= 0.6 is 23.1 Å². The summed E-state index contributed by atoms with van der Waals surface area (Å²) in [5.41, 5.74) is 2.59. The maximum absolute atomic E-state index is 2.30. The molecule has 2 heterocycles. The van der Waals surface area contributed by atoms with E-state index < -0.39 is 0 Å². The highest BCUT2D eigenvalue weighted by Crippen LogP contribution is 2.44. The minimum absolute atomic E-state index is 0. The SMILES string of the molecule is C.C.C.C.CN1C(=CC=Cc2sc3ccc4ccccc4c3[n+]2C)Sc2ccccc21. The maximum atomic E-state index is 2.30. The lowest BCUT2D eigenvalue weighted by Crippen LogP contribution is -2.29. The van der Waals surface area contributed by atoms with Crippen LogP contribution in [0.5, 0.6) is 0 Å². The summed E-state index contributed by atoms with van der Waals surface area (Å²) in [6.45, 7) is 0. The molecule has 4 aromatic rings. The molecule has 3 aromatic carbocycles. The average Bonchev–Trinajstić information content (AvgIpc) is 3.20. The van der Waals surface area contributed by atoms with Gasteiger partial charge in [0.15, 0.2) is 0 Å². The lowest BCUT2D eigenvalue weighted by atomic mass is 10.1. The van der Waals surface area contributed by atoms with Gasteiger partial charge in [-0.05, 0) is 35.7 Å². The summed E-state index contributed by atoms with van der Waals surface area (Å²) < 4.78 is 3.63. The molecule has 0 spiro atoms. The minimum Gasteiger partial charge on any atom is -0.338 e. The Balaban J connectivity index is 0.00000120. The molecule has 5 rings (SSSR count). The van der Waals surface area contributed by atoms with Gasteiger partial charge in [0.05, 0.1) is 16.1 Å². The molecule has 0 unspecified atom stereocenters. The van der Waals surface area contributed by atoms with E-state index in [-0.39, 0.29) is 29.7 Å².